The van der Waals surface area contributed by atoms with Crippen LogP contribution < -0.4 is 0 Å². The lowest BCUT2D eigenvalue weighted by Crippen LogP contribution is -2.28. The highest BCUT2D eigenvalue weighted by molar-refractivity contribution is 5.72. The minimum atomic E-state index is -0.804. The van der Waals surface area contributed by atoms with Crippen molar-refractivity contribution in [1.29, 1.82) is 0 Å². The fourth-order valence-electron chi connectivity index (χ4n) is 2.77. The van der Waals surface area contributed by atoms with Crippen LogP contribution in [0.1, 0.15) is 25.8 Å². The van der Waals surface area contributed by atoms with Crippen molar-refractivity contribution in [2.45, 2.75) is 32.7 Å². The summed E-state index contributed by atoms with van der Waals surface area (Å²) in [5.74, 6) is -0.868. The molecule has 2 aromatic rings. The van der Waals surface area contributed by atoms with Crippen molar-refractivity contribution in [3.05, 3.63) is 70.3 Å². The third kappa shape index (κ3) is 5.41. The molecule has 0 aromatic heterocycles. The van der Waals surface area contributed by atoms with E-state index in [9.17, 15) is 14.9 Å². The van der Waals surface area contributed by atoms with Crippen LogP contribution in [0.4, 0.5) is 0 Å². The highest BCUT2D eigenvalue weighted by Gasteiger charge is 2.27. The Kier molecular flexibility index (Phi) is 6.69. The normalized spacial score (nSPS) is 13.0. The predicted molar refractivity (Wildman–Crippen MR) is 96.8 cm³/mol. The van der Waals surface area contributed by atoms with Crippen LogP contribution >= 0.6 is 0 Å². The van der Waals surface area contributed by atoms with E-state index in [1.165, 1.54) is 0 Å². The summed E-state index contributed by atoms with van der Waals surface area (Å²) in [4.78, 5) is 22.8. The molecule has 0 aliphatic rings. The topological polar surface area (TPSA) is 69.4 Å². The van der Waals surface area contributed by atoms with E-state index in [1.54, 1.807) is 13.8 Å². The highest BCUT2D eigenvalue weighted by atomic mass is 16.6. The van der Waals surface area contributed by atoms with Gasteiger partial charge in [-0.05, 0) is 23.6 Å². The number of carbonyl (C=O) groups excluding carboxylic acids is 1. The molecule has 0 unspecified atom stereocenters. The summed E-state index contributed by atoms with van der Waals surface area (Å²) < 4.78 is 4.94. The lowest BCUT2D eigenvalue weighted by molar-refractivity contribution is -0.524. The predicted octanol–water partition coefficient (Wildman–Crippen LogP) is 4.13. The molecule has 0 aliphatic heterocycles. The van der Waals surface area contributed by atoms with Crippen molar-refractivity contribution in [3.8, 4) is 11.1 Å². The average Bonchev–Trinajstić information content (AvgIpc) is 2.62. The van der Waals surface area contributed by atoms with Crippen LogP contribution in [0.5, 0.6) is 0 Å². The first-order chi connectivity index (χ1) is 12.0. The maximum atomic E-state index is 11.7. The largest absolute Gasteiger partial charge is 0.466 e. The fourth-order valence-corrected chi connectivity index (χ4v) is 2.77. The highest BCUT2D eigenvalue weighted by Crippen LogP contribution is 2.21. The first-order valence-electron chi connectivity index (χ1n) is 8.45. The smallest absolute Gasteiger partial charge is 0.308 e. The zero-order chi connectivity index (χ0) is 18.2. The standard InChI is InChI=1S/C20H23NO4/c1-3-25-20(22)15(2)13-19(21(23)24)14-16-9-11-18(12-10-16)17-7-5-4-6-8-17/h4-12,15,19H,3,13-14H2,1-2H3/t15-,19+/m0/s1. The van der Waals surface area contributed by atoms with Crippen molar-refractivity contribution < 1.29 is 14.5 Å². The van der Waals surface area contributed by atoms with E-state index in [-0.39, 0.29) is 23.9 Å². The van der Waals surface area contributed by atoms with Crippen LogP contribution in [0.3, 0.4) is 0 Å². The first kappa shape index (κ1) is 18.6. The van der Waals surface area contributed by atoms with Gasteiger partial charge in [0, 0.05) is 17.8 Å². The minimum Gasteiger partial charge on any atom is -0.466 e. The minimum absolute atomic E-state index is 0.173. The van der Waals surface area contributed by atoms with Gasteiger partial charge in [-0.1, -0.05) is 61.5 Å². The summed E-state index contributed by atoms with van der Waals surface area (Å²) in [6.07, 6.45) is 0.470. The number of hydrogen-bond donors (Lipinski definition) is 0. The third-order valence-corrected chi connectivity index (χ3v) is 4.15. The van der Waals surface area contributed by atoms with Gasteiger partial charge < -0.3 is 4.74 Å². The molecule has 0 fully saturated rings. The fraction of sp³-hybridized carbons (Fsp3) is 0.350. The Hall–Kier alpha value is -2.69. The molecule has 0 radical (unpaired) electrons. The molecule has 132 valence electrons. The molecule has 0 aliphatic carbocycles. The van der Waals surface area contributed by atoms with Crippen molar-refractivity contribution in [1.82, 2.24) is 0 Å². The Bertz CT molecular complexity index is 697. The summed E-state index contributed by atoms with van der Waals surface area (Å²) in [5.41, 5.74) is 3.06. The van der Waals surface area contributed by atoms with Gasteiger partial charge in [0.2, 0.25) is 6.04 Å². The molecule has 0 saturated heterocycles. The van der Waals surface area contributed by atoms with Crippen LogP contribution in [-0.4, -0.2) is 23.5 Å². The van der Waals surface area contributed by atoms with Gasteiger partial charge in [-0.15, -0.1) is 0 Å². The molecule has 2 atom stereocenters. The summed E-state index contributed by atoms with van der Waals surface area (Å²) >= 11 is 0. The number of carbonyl (C=O) groups is 1. The molecule has 0 N–H and O–H groups in total. The van der Waals surface area contributed by atoms with Crippen molar-refractivity contribution in [2.75, 3.05) is 6.61 Å². The van der Waals surface area contributed by atoms with E-state index >= 15 is 0 Å². The molecule has 25 heavy (non-hydrogen) atoms. The van der Waals surface area contributed by atoms with Crippen molar-refractivity contribution in [3.63, 3.8) is 0 Å². The molecular weight excluding hydrogens is 318 g/mol. The quantitative estimate of drug-likeness (QED) is 0.411. The Morgan fingerprint density at radius 2 is 1.68 bits per heavy atom. The number of benzene rings is 2. The molecular formula is C20H23NO4. The molecule has 2 rings (SSSR count). The monoisotopic (exact) mass is 341 g/mol. The van der Waals surface area contributed by atoms with E-state index < -0.39 is 12.0 Å². The van der Waals surface area contributed by atoms with Gasteiger partial charge in [-0.3, -0.25) is 14.9 Å². The van der Waals surface area contributed by atoms with E-state index in [0.717, 1.165) is 16.7 Å². The maximum Gasteiger partial charge on any atom is 0.308 e. The van der Waals surface area contributed by atoms with Gasteiger partial charge in [-0.25, -0.2) is 0 Å². The number of rotatable bonds is 8. The molecule has 0 bridgehead atoms. The summed E-state index contributed by atoms with van der Waals surface area (Å²) in [5, 5.41) is 11.4. The van der Waals surface area contributed by atoms with Crippen molar-refractivity contribution in [2.24, 2.45) is 5.92 Å². The number of nitro groups is 1. The second kappa shape index (κ2) is 8.97. The number of esters is 1. The number of ether oxygens (including phenoxy) is 1. The van der Waals surface area contributed by atoms with Crippen molar-refractivity contribution >= 4 is 5.97 Å². The van der Waals surface area contributed by atoms with Crippen LogP contribution in [0.15, 0.2) is 54.6 Å². The number of nitrogens with zero attached hydrogens (tertiary/aromatic N) is 1. The second-order valence-electron chi connectivity index (χ2n) is 6.10. The average molecular weight is 341 g/mol. The lowest BCUT2D eigenvalue weighted by atomic mass is 9.95. The zero-order valence-corrected chi connectivity index (χ0v) is 14.6. The molecule has 0 saturated carbocycles. The number of hydrogen-bond acceptors (Lipinski definition) is 4. The Labute approximate surface area is 147 Å². The maximum absolute atomic E-state index is 11.7. The van der Waals surface area contributed by atoms with Crippen LogP contribution in [0.2, 0.25) is 0 Å². The third-order valence-electron chi connectivity index (χ3n) is 4.15. The van der Waals surface area contributed by atoms with Crippen LogP contribution in [0, 0.1) is 16.0 Å². The first-order valence-corrected chi connectivity index (χ1v) is 8.45. The Balaban J connectivity index is 2.04. The molecule has 0 heterocycles. The molecule has 5 heteroatoms. The van der Waals surface area contributed by atoms with E-state index in [1.807, 2.05) is 54.6 Å². The second-order valence-corrected chi connectivity index (χ2v) is 6.10. The molecule has 5 nitrogen and oxygen atoms in total. The van der Waals surface area contributed by atoms with E-state index in [0.29, 0.717) is 6.42 Å². The van der Waals surface area contributed by atoms with Crippen LogP contribution in [0.25, 0.3) is 11.1 Å². The van der Waals surface area contributed by atoms with Gasteiger partial charge in [0.15, 0.2) is 0 Å². The Morgan fingerprint density at radius 1 is 1.08 bits per heavy atom. The van der Waals surface area contributed by atoms with E-state index in [4.69, 9.17) is 4.74 Å². The molecule has 0 amide bonds. The zero-order valence-electron chi connectivity index (χ0n) is 14.6. The summed E-state index contributed by atoms with van der Waals surface area (Å²) in [6.45, 7) is 3.68. The van der Waals surface area contributed by atoms with Gasteiger partial charge >= 0.3 is 5.97 Å². The van der Waals surface area contributed by atoms with Gasteiger partial charge in [0.25, 0.3) is 0 Å². The van der Waals surface area contributed by atoms with Gasteiger partial charge in [-0.2, -0.15) is 0 Å². The SMILES string of the molecule is CCOC(=O)[C@@H](C)C[C@H](Cc1ccc(-c2ccccc2)cc1)[N+](=O)[O-]. The molecule has 0 spiro atoms. The van der Waals surface area contributed by atoms with Gasteiger partial charge in [0.05, 0.1) is 12.5 Å². The summed E-state index contributed by atoms with van der Waals surface area (Å²) in [7, 11) is 0. The van der Waals surface area contributed by atoms with Crippen LogP contribution in [-0.2, 0) is 16.0 Å². The lowest BCUT2D eigenvalue weighted by Gasteiger charge is -2.14. The van der Waals surface area contributed by atoms with Gasteiger partial charge in [0.1, 0.15) is 0 Å². The van der Waals surface area contributed by atoms with E-state index in [2.05, 4.69) is 0 Å². The summed E-state index contributed by atoms with van der Waals surface area (Å²) in [6, 6.07) is 16.9. The molecule has 2 aromatic carbocycles. The Morgan fingerprint density at radius 3 is 2.24 bits per heavy atom.